The zero-order valence-electron chi connectivity index (χ0n) is 11.7. The van der Waals surface area contributed by atoms with Crippen molar-refractivity contribution in [3.8, 4) is 0 Å². The highest BCUT2D eigenvalue weighted by Gasteiger charge is 2.31. The summed E-state index contributed by atoms with van der Waals surface area (Å²) in [5.74, 6) is 0.860. The van der Waals surface area contributed by atoms with Gasteiger partial charge in [0, 0.05) is 0 Å². The van der Waals surface area contributed by atoms with Crippen molar-refractivity contribution in [1.82, 2.24) is 0 Å². The van der Waals surface area contributed by atoms with Crippen LogP contribution in [0.1, 0.15) is 60.3 Å². The van der Waals surface area contributed by atoms with Crippen molar-refractivity contribution in [3.05, 3.63) is 12.7 Å². The third kappa shape index (κ3) is 3.93. The normalized spacial score (nSPS) is 27.8. The topological polar surface area (TPSA) is 9.23 Å². The first kappa shape index (κ1) is 13.8. The van der Waals surface area contributed by atoms with E-state index in [1.165, 1.54) is 25.7 Å². The average Bonchev–Trinajstić information content (AvgIpc) is 2.16. The van der Waals surface area contributed by atoms with E-state index in [0.717, 1.165) is 5.92 Å². The van der Waals surface area contributed by atoms with Gasteiger partial charge in [-0.05, 0) is 50.9 Å². The summed E-state index contributed by atoms with van der Waals surface area (Å²) in [5.41, 5.74) is 0.290. The maximum absolute atomic E-state index is 6.07. The summed E-state index contributed by atoms with van der Waals surface area (Å²) in [6, 6.07) is 0. The molecule has 0 saturated heterocycles. The molecule has 0 amide bonds. The zero-order valence-corrected chi connectivity index (χ0v) is 11.7. The van der Waals surface area contributed by atoms with Crippen LogP contribution >= 0.6 is 0 Å². The number of hydrogen-bond donors (Lipinski definition) is 0. The standard InChI is InChI=1S/C15H28O/c1-7-15(5,6)16-13-10-8-12(9-11-13)14(2,3)4/h7,12-13H,1,8-11H2,2-6H3. The predicted octanol–water partition coefficient (Wildman–Crippen LogP) is 4.57. The highest BCUT2D eigenvalue weighted by Crippen LogP contribution is 2.39. The van der Waals surface area contributed by atoms with Gasteiger partial charge in [0.05, 0.1) is 11.7 Å². The van der Waals surface area contributed by atoms with Crippen LogP contribution < -0.4 is 0 Å². The summed E-state index contributed by atoms with van der Waals surface area (Å²) < 4.78 is 6.07. The lowest BCUT2D eigenvalue weighted by atomic mass is 9.72. The monoisotopic (exact) mass is 224 g/mol. The minimum Gasteiger partial charge on any atom is -0.368 e. The number of rotatable bonds is 3. The Bertz CT molecular complexity index is 226. The van der Waals surface area contributed by atoms with Crippen molar-refractivity contribution in [2.24, 2.45) is 11.3 Å². The molecular formula is C15H28O. The fraction of sp³-hybridized carbons (Fsp3) is 0.867. The number of hydrogen-bond acceptors (Lipinski definition) is 1. The van der Waals surface area contributed by atoms with Gasteiger partial charge in [0.2, 0.25) is 0 Å². The van der Waals surface area contributed by atoms with Gasteiger partial charge in [-0.15, -0.1) is 6.58 Å². The van der Waals surface area contributed by atoms with E-state index in [1.807, 2.05) is 6.08 Å². The molecule has 1 nitrogen and oxygen atoms in total. The molecule has 1 saturated carbocycles. The SMILES string of the molecule is C=CC(C)(C)OC1CCC(C(C)(C)C)CC1. The third-order valence-corrected chi connectivity index (χ3v) is 3.86. The summed E-state index contributed by atoms with van der Waals surface area (Å²) >= 11 is 0. The third-order valence-electron chi connectivity index (χ3n) is 3.86. The van der Waals surface area contributed by atoms with Crippen LogP contribution in [-0.4, -0.2) is 11.7 Å². The maximum Gasteiger partial charge on any atom is 0.0807 e. The van der Waals surface area contributed by atoms with E-state index < -0.39 is 0 Å². The summed E-state index contributed by atoms with van der Waals surface area (Å²) in [6.45, 7) is 15.1. The summed E-state index contributed by atoms with van der Waals surface area (Å²) in [7, 11) is 0. The second-order valence-electron chi connectivity index (χ2n) is 6.77. The first-order chi connectivity index (χ1) is 7.24. The predicted molar refractivity (Wildman–Crippen MR) is 70.6 cm³/mol. The van der Waals surface area contributed by atoms with E-state index >= 15 is 0 Å². The lowest BCUT2D eigenvalue weighted by Gasteiger charge is -2.39. The fourth-order valence-corrected chi connectivity index (χ4v) is 2.52. The van der Waals surface area contributed by atoms with Crippen LogP contribution in [0.3, 0.4) is 0 Å². The second-order valence-corrected chi connectivity index (χ2v) is 6.77. The second kappa shape index (κ2) is 4.91. The molecule has 1 rings (SSSR count). The fourth-order valence-electron chi connectivity index (χ4n) is 2.52. The van der Waals surface area contributed by atoms with Crippen LogP contribution in [0.4, 0.5) is 0 Å². The molecule has 0 aromatic rings. The van der Waals surface area contributed by atoms with E-state index in [0.29, 0.717) is 11.5 Å². The van der Waals surface area contributed by atoms with Crippen LogP contribution in [0.5, 0.6) is 0 Å². The summed E-state index contributed by atoms with van der Waals surface area (Å²) in [4.78, 5) is 0. The summed E-state index contributed by atoms with van der Waals surface area (Å²) in [5, 5.41) is 0. The Balaban J connectivity index is 2.41. The Morgan fingerprint density at radius 3 is 1.88 bits per heavy atom. The van der Waals surface area contributed by atoms with Crippen molar-refractivity contribution >= 4 is 0 Å². The molecule has 0 heterocycles. The first-order valence-corrected chi connectivity index (χ1v) is 6.56. The molecule has 1 heteroatoms. The lowest BCUT2D eigenvalue weighted by molar-refractivity contribution is -0.0679. The van der Waals surface area contributed by atoms with E-state index in [-0.39, 0.29) is 5.60 Å². The van der Waals surface area contributed by atoms with Crippen molar-refractivity contribution in [3.63, 3.8) is 0 Å². The van der Waals surface area contributed by atoms with Gasteiger partial charge in [0.25, 0.3) is 0 Å². The van der Waals surface area contributed by atoms with Gasteiger partial charge in [-0.25, -0.2) is 0 Å². The molecule has 0 aromatic heterocycles. The molecule has 1 aliphatic rings. The van der Waals surface area contributed by atoms with E-state index in [1.54, 1.807) is 0 Å². The smallest absolute Gasteiger partial charge is 0.0807 e. The first-order valence-electron chi connectivity index (χ1n) is 6.56. The molecule has 16 heavy (non-hydrogen) atoms. The van der Waals surface area contributed by atoms with Gasteiger partial charge >= 0.3 is 0 Å². The van der Waals surface area contributed by atoms with E-state index in [2.05, 4.69) is 41.2 Å². The molecule has 0 atom stereocenters. The molecule has 0 N–H and O–H groups in total. The molecule has 0 radical (unpaired) electrons. The summed E-state index contributed by atoms with van der Waals surface area (Å²) in [6.07, 6.45) is 7.37. The molecule has 1 fully saturated rings. The molecule has 0 aliphatic heterocycles. The van der Waals surface area contributed by atoms with Crippen molar-refractivity contribution in [2.75, 3.05) is 0 Å². The molecule has 1 aliphatic carbocycles. The van der Waals surface area contributed by atoms with Gasteiger partial charge in [-0.3, -0.25) is 0 Å². The Kier molecular flexibility index (Phi) is 4.23. The minimum atomic E-state index is -0.167. The maximum atomic E-state index is 6.07. The molecule has 94 valence electrons. The van der Waals surface area contributed by atoms with Crippen LogP contribution in [0, 0.1) is 11.3 Å². The van der Waals surface area contributed by atoms with Crippen LogP contribution in [0.15, 0.2) is 12.7 Å². The molecule has 0 spiro atoms. The largest absolute Gasteiger partial charge is 0.368 e. The van der Waals surface area contributed by atoms with Gasteiger partial charge < -0.3 is 4.74 Å². The quantitative estimate of drug-likeness (QED) is 0.638. The molecular weight excluding hydrogens is 196 g/mol. The van der Waals surface area contributed by atoms with Crippen molar-refractivity contribution in [1.29, 1.82) is 0 Å². The van der Waals surface area contributed by atoms with E-state index in [4.69, 9.17) is 4.74 Å². The highest BCUT2D eigenvalue weighted by atomic mass is 16.5. The van der Waals surface area contributed by atoms with Crippen molar-refractivity contribution < 1.29 is 4.74 Å². The van der Waals surface area contributed by atoms with Crippen LogP contribution in [0.2, 0.25) is 0 Å². The minimum absolute atomic E-state index is 0.167. The van der Waals surface area contributed by atoms with Gasteiger partial charge in [-0.2, -0.15) is 0 Å². The highest BCUT2D eigenvalue weighted by molar-refractivity contribution is 4.91. The van der Waals surface area contributed by atoms with Gasteiger partial charge in [-0.1, -0.05) is 26.8 Å². The lowest BCUT2D eigenvalue weighted by Crippen LogP contribution is -2.34. The average molecular weight is 224 g/mol. The molecule has 0 aromatic carbocycles. The van der Waals surface area contributed by atoms with Gasteiger partial charge in [0.1, 0.15) is 0 Å². The van der Waals surface area contributed by atoms with E-state index in [9.17, 15) is 0 Å². The zero-order chi connectivity index (χ0) is 12.4. The molecule has 0 unspecified atom stereocenters. The Morgan fingerprint density at radius 1 is 1.00 bits per heavy atom. The van der Waals surface area contributed by atoms with Crippen LogP contribution in [0.25, 0.3) is 0 Å². The number of ether oxygens (including phenoxy) is 1. The van der Waals surface area contributed by atoms with Gasteiger partial charge in [0.15, 0.2) is 0 Å². The van der Waals surface area contributed by atoms with Crippen LogP contribution in [-0.2, 0) is 4.74 Å². The molecule has 0 bridgehead atoms. The van der Waals surface area contributed by atoms with Crippen molar-refractivity contribution in [2.45, 2.75) is 72.0 Å². The Labute approximate surface area is 101 Å². The Morgan fingerprint density at radius 2 is 1.50 bits per heavy atom. The Hall–Kier alpha value is -0.300.